The number of aromatic nitrogens is 1. The fourth-order valence-corrected chi connectivity index (χ4v) is 14.7. The van der Waals surface area contributed by atoms with Crippen LogP contribution >= 0.6 is 0 Å². The number of aliphatic imine (C=N–C) groups is 2. The Morgan fingerprint density at radius 2 is 0.684 bits per heavy atom. The number of H-pyrrole nitrogens is 1. The van der Waals surface area contributed by atoms with Crippen LogP contribution in [0, 0.1) is 41.4 Å². The van der Waals surface area contributed by atoms with Gasteiger partial charge in [0.2, 0.25) is 88.6 Å². The first kappa shape index (κ1) is 116. The van der Waals surface area contributed by atoms with Crippen LogP contribution in [0.15, 0.2) is 70.8 Å². The van der Waals surface area contributed by atoms with Crippen molar-refractivity contribution in [1.29, 1.82) is 0 Å². The van der Waals surface area contributed by atoms with Gasteiger partial charge in [0.15, 0.2) is 11.9 Å². The number of carbonyl (C=O) groups is 15. The highest BCUT2D eigenvalue weighted by atomic mass is 16.2. The van der Waals surface area contributed by atoms with Crippen LogP contribution in [0.3, 0.4) is 0 Å². The molecule has 2 aromatic carbocycles. The summed E-state index contributed by atoms with van der Waals surface area (Å²) in [5.74, 6) is -14.8. The summed E-state index contributed by atoms with van der Waals surface area (Å²) in [6.45, 7) is 24.9. The molecule has 0 aliphatic heterocycles. The maximum atomic E-state index is 15.0. The van der Waals surface area contributed by atoms with Gasteiger partial charge in [0.25, 0.3) is 0 Å². The summed E-state index contributed by atoms with van der Waals surface area (Å²) in [6, 6.07) is -2.06. The van der Waals surface area contributed by atoms with Crippen LogP contribution in [0.1, 0.15) is 224 Å². The molecule has 16 atom stereocenters. The molecule has 0 saturated carbocycles. The number of primary amides is 1. The summed E-state index contributed by atoms with van der Waals surface area (Å²) >= 11 is 0. The van der Waals surface area contributed by atoms with Crippen molar-refractivity contribution in [3.8, 4) is 0 Å². The lowest BCUT2D eigenvalue weighted by molar-refractivity contribution is -0.137. The second kappa shape index (κ2) is 61.3. The molecule has 0 fully saturated rings. The number of guanidine groups is 2. The quantitative estimate of drug-likeness (QED) is 0.0187. The highest BCUT2D eigenvalue weighted by Gasteiger charge is 2.41. The Morgan fingerprint density at radius 1 is 0.346 bits per heavy atom. The van der Waals surface area contributed by atoms with E-state index in [0.717, 1.165) is 10.9 Å². The van der Waals surface area contributed by atoms with Crippen molar-refractivity contribution in [3.63, 3.8) is 0 Å². The molecule has 0 saturated heterocycles. The van der Waals surface area contributed by atoms with Crippen LogP contribution in [0.4, 0.5) is 0 Å². The van der Waals surface area contributed by atoms with Crippen molar-refractivity contribution < 1.29 is 71.9 Å². The number of nitrogens with two attached hydrogens (primary N) is 9. The first-order valence-corrected chi connectivity index (χ1v) is 47.0. The fraction of sp³-hybridized carbons (Fsp3) is 0.663. The zero-order valence-corrected chi connectivity index (χ0v) is 80.5. The minimum absolute atomic E-state index is 0.00211. The lowest BCUT2D eigenvalue weighted by Gasteiger charge is -2.31. The largest absolute Gasteiger partial charge is 0.370 e. The molecule has 15 amide bonds. The van der Waals surface area contributed by atoms with Gasteiger partial charge in [0.1, 0.15) is 78.5 Å². The third-order valence-electron chi connectivity index (χ3n) is 22.9. The molecule has 746 valence electrons. The second-order valence-corrected chi connectivity index (χ2v) is 36.4. The van der Waals surface area contributed by atoms with Gasteiger partial charge in [-0.15, -0.1) is 0 Å². The zero-order chi connectivity index (χ0) is 99.7. The number of rotatable bonds is 65. The summed E-state index contributed by atoms with van der Waals surface area (Å²) in [4.78, 5) is 228. The van der Waals surface area contributed by atoms with Crippen molar-refractivity contribution in [2.75, 3.05) is 39.3 Å². The number of fused-ring (bicyclic) bond motifs is 1. The van der Waals surface area contributed by atoms with Crippen LogP contribution in [0.5, 0.6) is 0 Å². The predicted octanol–water partition coefficient (Wildman–Crippen LogP) is -0.779. The van der Waals surface area contributed by atoms with Crippen LogP contribution in [-0.2, 0) is 84.8 Å². The summed E-state index contributed by atoms with van der Waals surface area (Å²) in [6.07, 6.45) is 4.98. The minimum atomic E-state index is -1.43. The smallest absolute Gasteiger partial charge is 0.243 e. The SMILES string of the molecule is CC[C@H](C)[C@H](NC(=O)[C@H](CC(C)C)NC(=O)[C@H](CCCN=C(N)N)NC(=O)[C@H](Cc1c[nH]c2ccccc12)NC(=O)[C@@H](N)C(C)C)C(=O)N[C@@H](CCCCN)C(=O)N[C@@H](CCCCN)C(=O)N[C@H](C(=O)N[C@@H](CC(C)C)C(=O)N[C@@H](CCCN=C(N)N)C(=O)N[C@H](C(=O)N[C@@H](Cc1ccccc1)C(=O)N[C@@H](CCCCN)C(=O)NCC(=O)N[C@@H](CC(C)C)C(N)=O)C(C)C)[C@@H](C)CC. The van der Waals surface area contributed by atoms with E-state index in [1.165, 1.54) is 0 Å². The molecule has 41 heteroatoms. The maximum absolute atomic E-state index is 15.0. The van der Waals surface area contributed by atoms with E-state index in [0.29, 0.717) is 62.5 Å². The molecular formula is C92H158N26O15. The predicted molar refractivity (Wildman–Crippen MR) is 513 cm³/mol. The van der Waals surface area contributed by atoms with Crippen molar-refractivity contribution in [2.24, 2.45) is 103 Å². The van der Waals surface area contributed by atoms with Crippen molar-refractivity contribution in [1.82, 2.24) is 79.4 Å². The number of hydrogen-bond donors (Lipinski definition) is 24. The summed E-state index contributed by atoms with van der Waals surface area (Å²) in [5.41, 5.74) is 54.3. The maximum Gasteiger partial charge on any atom is 0.243 e. The van der Waals surface area contributed by atoms with Gasteiger partial charge in [-0.1, -0.05) is 158 Å². The lowest BCUT2D eigenvalue weighted by atomic mass is 9.95. The molecule has 41 nitrogen and oxygen atoms in total. The average Bonchev–Trinajstić information content (AvgIpc) is 1.56. The number of carbonyl (C=O) groups excluding carboxylic acids is 15. The van der Waals surface area contributed by atoms with E-state index >= 15 is 9.59 Å². The molecular weight excluding hydrogens is 1710 g/mol. The molecule has 3 aromatic rings. The Labute approximate surface area is 783 Å². The molecule has 0 aliphatic rings. The van der Waals surface area contributed by atoms with Crippen LogP contribution in [0.2, 0.25) is 0 Å². The standard InChI is InChI=1S/C92H158N26O15/c1-15-56(13)75(118-86(129)69(46-53(7)8)112-80(123)65(37-28-42-102-91(98)99)109-85(128)71(113-87(130)73(96)54(9)10)48-59-49-104-61-33-21-20-32-60(59)61)89(132)111-63(35-23-26-40-94)79(122)108-64(36-24-27-41-95)82(125)117-76(57(14)16-2)90(133)114-68(45-52(5)6)83(126)110-66(38-29-43-103-92(100)101)81(124)116-74(55(11)12)88(131)115-70(47-58-30-18-17-19-31-58)84(127)107-62(34-22-25-39-93)78(121)105-50-72(119)106-67(77(97)120)44-51(3)4/h17-21,30-33,49,51-57,62-71,73-76,104H,15-16,22-29,34-48,50,93-96H2,1-14H3,(H2,97,120)(H,105,121)(H,106,119)(H,107,127)(H,108,122)(H,109,128)(H,110,126)(H,111,132)(H,112,123)(H,113,130)(H,114,133)(H,115,131)(H,116,124)(H,117,125)(H,118,129)(H4,98,99,102)(H4,100,101,103)/t56-,57-,62-,63-,64-,65-,66-,67-,68-,69-,70-,71-,73-,74-,75-,76-/m0/s1. The van der Waals surface area contributed by atoms with E-state index in [-0.39, 0.29) is 145 Å². The zero-order valence-electron chi connectivity index (χ0n) is 80.5. The van der Waals surface area contributed by atoms with E-state index in [4.69, 9.17) is 51.6 Å². The van der Waals surface area contributed by atoms with Gasteiger partial charge in [-0.05, 0) is 181 Å². The van der Waals surface area contributed by atoms with Gasteiger partial charge in [-0.2, -0.15) is 0 Å². The van der Waals surface area contributed by atoms with E-state index in [2.05, 4.69) is 89.4 Å². The second-order valence-electron chi connectivity index (χ2n) is 36.4. The van der Waals surface area contributed by atoms with E-state index in [1.807, 2.05) is 52.0 Å². The Hall–Kier alpha value is -11.6. The number of unbranched alkanes of at least 4 members (excludes halogenated alkanes) is 3. The first-order chi connectivity index (χ1) is 62.9. The number of aromatic amines is 1. The Balaban J connectivity index is 2.01. The molecule has 0 radical (unpaired) electrons. The molecule has 1 heterocycles. The van der Waals surface area contributed by atoms with Crippen LogP contribution < -0.4 is 126 Å². The lowest BCUT2D eigenvalue weighted by Crippen LogP contribution is -2.62. The number of amides is 15. The molecule has 0 spiro atoms. The Bertz CT molecular complexity index is 4250. The molecule has 3 rings (SSSR count). The Kier molecular flexibility index (Phi) is 53.2. The average molecular weight is 1870 g/mol. The van der Waals surface area contributed by atoms with Gasteiger partial charge in [-0.3, -0.25) is 81.9 Å². The summed E-state index contributed by atoms with van der Waals surface area (Å²) in [7, 11) is 0. The van der Waals surface area contributed by atoms with E-state index < -0.39 is 197 Å². The molecule has 0 aliphatic carbocycles. The Morgan fingerprint density at radius 3 is 1.10 bits per heavy atom. The number of hydrogen-bond acceptors (Lipinski definition) is 21. The number of nitrogens with one attached hydrogen (secondary N) is 15. The van der Waals surface area contributed by atoms with Crippen molar-refractivity contribution in [3.05, 3.63) is 71.9 Å². The summed E-state index contributed by atoms with van der Waals surface area (Å²) in [5, 5.41) is 39.6. The van der Waals surface area contributed by atoms with Gasteiger partial charge < -0.3 is 131 Å². The third kappa shape index (κ3) is 42.9. The van der Waals surface area contributed by atoms with Crippen LogP contribution in [0.25, 0.3) is 10.9 Å². The van der Waals surface area contributed by atoms with Crippen molar-refractivity contribution >= 4 is 111 Å². The molecule has 0 unspecified atom stereocenters. The van der Waals surface area contributed by atoms with E-state index in [1.54, 1.807) is 106 Å². The molecule has 133 heavy (non-hydrogen) atoms. The topological polar surface area (TPSA) is 699 Å². The molecule has 1 aromatic heterocycles. The first-order valence-electron chi connectivity index (χ1n) is 47.0. The number of benzene rings is 2. The monoisotopic (exact) mass is 1870 g/mol. The van der Waals surface area contributed by atoms with Gasteiger partial charge in [0, 0.05) is 43.0 Å². The molecule has 0 bridgehead atoms. The normalized spacial score (nSPS) is 15.0. The van der Waals surface area contributed by atoms with Crippen molar-refractivity contribution in [2.45, 2.75) is 310 Å². The highest BCUT2D eigenvalue weighted by molar-refractivity contribution is 6.01. The fourth-order valence-electron chi connectivity index (χ4n) is 14.7. The highest BCUT2D eigenvalue weighted by Crippen LogP contribution is 2.22. The van der Waals surface area contributed by atoms with Crippen LogP contribution in [-0.4, -0.2) is 229 Å². The third-order valence-corrected chi connectivity index (χ3v) is 22.9. The molecule has 33 N–H and O–H groups in total. The number of nitrogens with zero attached hydrogens (tertiary/aromatic N) is 2. The van der Waals surface area contributed by atoms with Gasteiger partial charge >= 0.3 is 0 Å². The number of para-hydroxylation sites is 1. The minimum Gasteiger partial charge on any atom is -0.370 e. The van der Waals surface area contributed by atoms with Gasteiger partial charge in [0.05, 0.1) is 12.6 Å². The summed E-state index contributed by atoms with van der Waals surface area (Å²) < 4.78 is 0. The van der Waals surface area contributed by atoms with Gasteiger partial charge in [-0.25, -0.2) is 0 Å². The van der Waals surface area contributed by atoms with E-state index in [9.17, 15) is 62.3 Å².